The van der Waals surface area contributed by atoms with Gasteiger partial charge in [0.05, 0.1) is 17.1 Å². The van der Waals surface area contributed by atoms with E-state index in [-0.39, 0.29) is 17.3 Å². The summed E-state index contributed by atoms with van der Waals surface area (Å²) in [7, 11) is 0. The largest absolute Gasteiger partial charge is 0.369 e. The van der Waals surface area contributed by atoms with Gasteiger partial charge in [0.1, 0.15) is 0 Å². The van der Waals surface area contributed by atoms with Gasteiger partial charge < -0.3 is 4.74 Å². The number of halogens is 1. The van der Waals surface area contributed by atoms with E-state index in [0.29, 0.717) is 5.02 Å². The van der Waals surface area contributed by atoms with Crippen LogP contribution >= 0.6 is 11.6 Å². The monoisotopic (exact) mass is 280 g/mol. The molecule has 1 aliphatic heterocycles. The van der Waals surface area contributed by atoms with Crippen molar-refractivity contribution in [1.82, 2.24) is 0 Å². The van der Waals surface area contributed by atoms with Crippen LogP contribution in [0.4, 0.5) is 0 Å². The maximum Gasteiger partial charge on any atom is 0.169 e. The number of carbonyl (C=O) groups is 1. The molecule has 104 valence electrons. The molecule has 1 atom stereocenters. The van der Waals surface area contributed by atoms with Crippen LogP contribution in [0.5, 0.6) is 0 Å². The van der Waals surface area contributed by atoms with Crippen molar-refractivity contribution in [3.8, 4) is 0 Å². The summed E-state index contributed by atoms with van der Waals surface area (Å²) < 4.78 is 6.01. The van der Waals surface area contributed by atoms with Gasteiger partial charge in [0.2, 0.25) is 0 Å². The van der Waals surface area contributed by atoms with Crippen molar-refractivity contribution in [3.05, 3.63) is 34.3 Å². The first kappa shape index (κ1) is 14.5. The molecule has 1 aromatic carbocycles. The number of hydrogen-bond donors (Lipinski definition) is 0. The van der Waals surface area contributed by atoms with Crippen molar-refractivity contribution in [3.63, 3.8) is 0 Å². The maximum absolute atomic E-state index is 12.8. The lowest BCUT2D eigenvalue weighted by Gasteiger charge is -2.26. The van der Waals surface area contributed by atoms with E-state index in [1.165, 1.54) is 0 Å². The van der Waals surface area contributed by atoms with Gasteiger partial charge in [0.15, 0.2) is 5.78 Å². The lowest BCUT2D eigenvalue weighted by Crippen LogP contribution is -2.34. The molecule has 3 heteroatoms. The van der Waals surface area contributed by atoms with E-state index in [4.69, 9.17) is 16.3 Å². The fourth-order valence-corrected chi connectivity index (χ4v) is 3.29. The average molecular weight is 281 g/mol. The van der Waals surface area contributed by atoms with Gasteiger partial charge in [0, 0.05) is 10.6 Å². The molecule has 0 aliphatic carbocycles. The lowest BCUT2D eigenvalue weighted by atomic mass is 9.81. The Kier molecular flexibility index (Phi) is 3.53. The van der Waals surface area contributed by atoms with Crippen molar-refractivity contribution >= 4 is 17.4 Å². The molecule has 1 heterocycles. The molecule has 19 heavy (non-hydrogen) atoms. The Balaban J connectivity index is 2.34. The summed E-state index contributed by atoms with van der Waals surface area (Å²) in [5, 5.41) is 0.663. The zero-order valence-corrected chi connectivity index (χ0v) is 13.0. The summed E-state index contributed by atoms with van der Waals surface area (Å²) >= 11 is 5.95. The zero-order chi connectivity index (χ0) is 14.4. The summed E-state index contributed by atoms with van der Waals surface area (Å²) in [4.78, 5) is 12.8. The zero-order valence-electron chi connectivity index (χ0n) is 12.2. The molecule has 0 aromatic heterocycles. The molecule has 1 aliphatic rings. The minimum atomic E-state index is -0.424. The predicted molar refractivity (Wildman–Crippen MR) is 77.9 cm³/mol. The predicted octanol–water partition coefficient (Wildman–Crippen LogP) is 4.42. The van der Waals surface area contributed by atoms with Crippen LogP contribution in [0.25, 0.3) is 0 Å². The number of hydrogen-bond acceptors (Lipinski definition) is 2. The molecule has 0 bridgehead atoms. The third kappa shape index (κ3) is 2.85. The molecule has 1 unspecified atom stereocenters. The summed E-state index contributed by atoms with van der Waals surface area (Å²) in [6.07, 6.45) is 0.751. The number of Topliss-reactive ketones (excluding diaryl/α,β-unsaturated/α-hetero) is 1. The number of ketones is 1. The Labute approximate surface area is 120 Å². The summed E-state index contributed by atoms with van der Waals surface area (Å²) in [6.45, 7) is 9.99. The smallest absolute Gasteiger partial charge is 0.169 e. The second-order valence-corrected chi connectivity index (χ2v) is 6.98. The molecule has 1 saturated heterocycles. The maximum atomic E-state index is 12.8. The quantitative estimate of drug-likeness (QED) is 0.750. The minimum Gasteiger partial charge on any atom is -0.369 e. The van der Waals surface area contributed by atoms with Crippen molar-refractivity contribution < 1.29 is 9.53 Å². The number of benzene rings is 1. The van der Waals surface area contributed by atoms with E-state index in [0.717, 1.165) is 17.5 Å². The Morgan fingerprint density at radius 3 is 2.42 bits per heavy atom. The third-order valence-electron chi connectivity index (χ3n) is 3.84. The van der Waals surface area contributed by atoms with E-state index >= 15 is 0 Å². The van der Waals surface area contributed by atoms with E-state index in [2.05, 4.69) is 0 Å². The van der Waals surface area contributed by atoms with Crippen molar-refractivity contribution in [1.29, 1.82) is 0 Å². The van der Waals surface area contributed by atoms with E-state index < -0.39 is 5.60 Å². The van der Waals surface area contributed by atoms with Crippen molar-refractivity contribution in [2.24, 2.45) is 5.92 Å². The molecule has 2 nitrogen and oxygen atoms in total. The normalized spacial score (nSPS) is 24.4. The van der Waals surface area contributed by atoms with Crippen LogP contribution in [0.2, 0.25) is 5.02 Å². The molecule has 0 saturated carbocycles. The fraction of sp³-hybridized carbons (Fsp3) is 0.562. The Morgan fingerprint density at radius 2 is 1.95 bits per heavy atom. The molecular formula is C16H21ClO2. The van der Waals surface area contributed by atoms with Gasteiger partial charge in [-0.05, 0) is 64.8 Å². The topological polar surface area (TPSA) is 26.3 Å². The first-order valence-corrected chi connectivity index (χ1v) is 7.01. The molecule has 1 aromatic rings. The van der Waals surface area contributed by atoms with Crippen LogP contribution in [-0.4, -0.2) is 17.0 Å². The highest BCUT2D eigenvalue weighted by Gasteiger charge is 2.49. The Hall–Kier alpha value is -0.860. The second kappa shape index (κ2) is 4.60. The molecule has 1 fully saturated rings. The minimum absolute atomic E-state index is 0.109. The first-order valence-electron chi connectivity index (χ1n) is 6.63. The highest BCUT2D eigenvalue weighted by Crippen LogP contribution is 2.43. The first-order chi connectivity index (χ1) is 8.62. The third-order valence-corrected chi connectivity index (χ3v) is 4.08. The van der Waals surface area contributed by atoms with Crippen LogP contribution in [0.1, 0.15) is 50.0 Å². The molecule has 0 spiro atoms. The van der Waals surface area contributed by atoms with Gasteiger partial charge in [-0.1, -0.05) is 11.6 Å². The SMILES string of the molecule is Cc1cc(Cl)ccc1C(=O)C1CC(C)(C)OC1(C)C. The molecule has 2 rings (SSSR count). The number of rotatable bonds is 2. The average Bonchev–Trinajstić information content (AvgIpc) is 2.45. The summed E-state index contributed by atoms with van der Waals surface area (Å²) in [5.41, 5.74) is 1.01. The van der Waals surface area contributed by atoms with Crippen LogP contribution < -0.4 is 0 Å². The van der Waals surface area contributed by atoms with Crippen LogP contribution in [0, 0.1) is 12.8 Å². The van der Waals surface area contributed by atoms with Crippen molar-refractivity contribution in [2.45, 2.75) is 52.2 Å². The van der Waals surface area contributed by atoms with Gasteiger partial charge in [-0.2, -0.15) is 0 Å². The van der Waals surface area contributed by atoms with Crippen LogP contribution in [-0.2, 0) is 4.74 Å². The molecular weight excluding hydrogens is 260 g/mol. The second-order valence-electron chi connectivity index (χ2n) is 6.55. The fourth-order valence-electron chi connectivity index (χ4n) is 3.06. The van der Waals surface area contributed by atoms with Gasteiger partial charge >= 0.3 is 0 Å². The van der Waals surface area contributed by atoms with Crippen molar-refractivity contribution in [2.75, 3.05) is 0 Å². The van der Waals surface area contributed by atoms with E-state index in [1.54, 1.807) is 6.07 Å². The number of ether oxygens (including phenoxy) is 1. The highest BCUT2D eigenvalue weighted by atomic mass is 35.5. The number of carbonyl (C=O) groups excluding carboxylic acids is 1. The molecule has 0 radical (unpaired) electrons. The van der Waals surface area contributed by atoms with Gasteiger partial charge in [-0.15, -0.1) is 0 Å². The molecule has 0 amide bonds. The molecule has 0 N–H and O–H groups in total. The van der Waals surface area contributed by atoms with E-state index in [1.807, 2.05) is 46.8 Å². The van der Waals surface area contributed by atoms with E-state index in [9.17, 15) is 4.79 Å². The van der Waals surface area contributed by atoms with Gasteiger partial charge in [-0.25, -0.2) is 0 Å². The summed E-state index contributed by atoms with van der Waals surface area (Å²) in [6, 6.07) is 5.43. The highest BCUT2D eigenvalue weighted by molar-refractivity contribution is 6.30. The van der Waals surface area contributed by atoms with Gasteiger partial charge in [0.25, 0.3) is 0 Å². The summed E-state index contributed by atoms with van der Waals surface area (Å²) in [5.74, 6) is 0.0483. The Morgan fingerprint density at radius 1 is 1.32 bits per heavy atom. The van der Waals surface area contributed by atoms with Gasteiger partial charge in [-0.3, -0.25) is 4.79 Å². The standard InChI is InChI=1S/C16H21ClO2/c1-10-8-11(17)6-7-12(10)14(18)13-9-15(2,3)19-16(13,4)5/h6-8,13H,9H2,1-5H3. The number of aryl methyl sites for hydroxylation is 1. The van der Waals surface area contributed by atoms with Crippen LogP contribution in [0.15, 0.2) is 18.2 Å². The Bertz CT molecular complexity index is 517. The lowest BCUT2D eigenvalue weighted by molar-refractivity contribution is -0.0712. The van der Waals surface area contributed by atoms with Crippen LogP contribution in [0.3, 0.4) is 0 Å².